The molecule has 1 fully saturated rings. The van der Waals surface area contributed by atoms with Crippen molar-refractivity contribution in [3.63, 3.8) is 0 Å². The van der Waals surface area contributed by atoms with Crippen LogP contribution in [0, 0.1) is 0 Å². The molecule has 2 N–H and O–H groups in total. The Labute approximate surface area is 183 Å². The Morgan fingerprint density at radius 3 is 2.55 bits per heavy atom. The SMILES string of the molecule is CC[C@H](C)c1ccc(NC(=O)CN2C(=O)N[C@](C)(c3ccc4c(c3)CCC4)C2=O)cc1. The van der Waals surface area contributed by atoms with Crippen LogP contribution in [0.2, 0.25) is 0 Å². The van der Waals surface area contributed by atoms with E-state index in [-0.39, 0.29) is 6.54 Å². The van der Waals surface area contributed by atoms with Crippen LogP contribution in [0.15, 0.2) is 42.5 Å². The Hall–Kier alpha value is -3.15. The third kappa shape index (κ3) is 3.94. The molecule has 0 bridgehead atoms. The van der Waals surface area contributed by atoms with E-state index in [0.717, 1.165) is 36.1 Å². The first-order valence-electron chi connectivity index (χ1n) is 11.0. The summed E-state index contributed by atoms with van der Waals surface area (Å²) < 4.78 is 0. The van der Waals surface area contributed by atoms with Gasteiger partial charge in [-0.25, -0.2) is 4.79 Å². The number of aryl methyl sites for hydroxylation is 2. The van der Waals surface area contributed by atoms with E-state index in [1.165, 1.54) is 16.7 Å². The summed E-state index contributed by atoms with van der Waals surface area (Å²) in [4.78, 5) is 39.2. The number of nitrogens with one attached hydrogen (secondary N) is 2. The molecule has 31 heavy (non-hydrogen) atoms. The Morgan fingerprint density at radius 2 is 1.84 bits per heavy atom. The van der Waals surface area contributed by atoms with Gasteiger partial charge in [0.25, 0.3) is 5.91 Å². The lowest BCUT2D eigenvalue weighted by atomic mass is 9.89. The Kier molecular flexibility index (Phi) is 5.56. The van der Waals surface area contributed by atoms with E-state index in [1.807, 2.05) is 42.5 Å². The van der Waals surface area contributed by atoms with Crippen molar-refractivity contribution in [1.29, 1.82) is 0 Å². The molecule has 4 amide bonds. The van der Waals surface area contributed by atoms with Crippen molar-refractivity contribution >= 4 is 23.5 Å². The van der Waals surface area contributed by atoms with Gasteiger partial charge in [-0.1, -0.05) is 44.2 Å². The molecule has 1 aliphatic carbocycles. The number of hydrogen-bond donors (Lipinski definition) is 2. The van der Waals surface area contributed by atoms with Crippen LogP contribution in [0.5, 0.6) is 0 Å². The molecule has 2 aromatic rings. The summed E-state index contributed by atoms with van der Waals surface area (Å²) >= 11 is 0. The molecule has 1 heterocycles. The van der Waals surface area contributed by atoms with Crippen LogP contribution in [0.4, 0.5) is 10.5 Å². The second kappa shape index (κ2) is 8.17. The number of hydrogen-bond acceptors (Lipinski definition) is 3. The minimum absolute atomic E-state index is 0.321. The summed E-state index contributed by atoms with van der Waals surface area (Å²) in [6, 6.07) is 13.1. The van der Waals surface area contributed by atoms with E-state index in [4.69, 9.17) is 0 Å². The highest BCUT2D eigenvalue weighted by Gasteiger charge is 2.49. The Morgan fingerprint density at radius 1 is 1.13 bits per heavy atom. The van der Waals surface area contributed by atoms with E-state index in [9.17, 15) is 14.4 Å². The topological polar surface area (TPSA) is 78.5 Å². The van der Waals surface area contributed by atoms with E-state index in [1.54, 1.807) is 6.92 Å². The van der Waals surface area contributed by atoms with Gasteiger partial charge in [0.2, 0.25) is 5.91 Å². The summed E-state index contributed by atoms with van der Waals surface area (Å²) in [6.07, 6.45) is 4.20. The fourth-order valence-corrected chi connectivity index (χ4v) is 4.39. The fraction of sp³-hybridized carbons (Fsp3) is 0.400. The van der Waals surface area contributed by atoms with Gasteiger partial charge in [0.15, 0.2) is 0 Å². The van der Waals surface area contributed by atoms with Crippen molar-refractivity contribution in [2.75, 3.05) is 11.9 Å². The molecule has 2 aromatic carbocycles. The summed E-state index contributed by atoms with van der Waals surface area (Å²) in [5, 5.41) is 5.57. The number of urea groups is 1. The quantitative estimate of drug-likeness (QED) is 0.692. The lowest BCUT2D eigenvalue weighted by Crippen LogP contribution is -2.42. The zero-order valence-electron chi connectivity index (χ0n) is 18.3. The molecule has 2 atom stereocenters. The average Bonchev–Trinajstić information content (AvgIpc) is 3.32. The van der Waals surface area contributed by atoms with Gasteiger partial charge < -0.3 is 10.6 Å². The highest BCUT2D eigenvalue weighted by Crippen LogP contribution is 2.32. The molecular weight excluding hydrogens is 390 g/mol. The number of fused-ring (bicyclic) bond motifs is 1. The summed E-state index contributed by atoms with van der Waals surface area (Å²) in [5.74, 6) is -0.358. The van der Waals surface area contributed by atoms with Crippen molar-refractivity contribution in [2.24, 2.45) is 0 Å². The van der Waals surface area contributed by atoms with Crippen molar-refractivity contribution in [2.45, 2.75) is 57.9 Å². The van der Waals surface area contributed by atoms with Gasteiger partial charge in [-0.2, -0.15) is 0 Å². The predicted octanol–water partition coefficient (Wildman–Crippen LogP) is 4.09. The molecule has 6 heteroatoms. The predicted molar refractivity (Wildman–Crippen MR) is 120 cm³/mol. The molecule has 0 unspecified atom stereocenters. The summed E-state index contributed by atoms with van der Waals surface area (Å²) in [7, 11) is 0. The number of carbonyl (C=O) groups is 3. The number of benzene rings is 2. The first kappa shape index (κ1) is 21.1. The highest BCUT2D eigenvalue weighted by atomic mass is 16.2. The molecule has 0 radical (unpaired) electrons. The van der Waals surface area contributed by atoms with Gasteiger partial charge in [-0.05, 0) is 72.9 Å². The maximum Gasteiger partial charge on any atom is 0.325 e. The van der Waals surface area contributed by atoms with Crippen molar-refractivity contribution in [3.8, 4) is 0 Å². The third-order valence-electron chi connectivity index (χ3n) is 6.63. The average molecular weight is 420 g/mol. The minimum atomic E-state index is -1.16. The Balaban J connectivity index is 1.45. The molecule has 1 aliphatic heterocycles. The molecular formula is C25H29N3O3. The maximum absolute atomic E-state index is 13.1. The number of amides is 4. The lowest BCUT2D eigenvalue weighted by Gasteiger charge is -2.23. The van der Waals surface area contributed by atoms with Crippen molar-refractivity contribution in [3.05, 3.63) is 64.7 Å². The van der Waals surface area contributed by atoms with Gasteiger partial charge in [0, 0.05) is 5.69 Å². The largest absolute Gasteiger partial charge is 0.325 e. The Bertz CT molecular complexity index is 1030. The molecule has 6 nitrogen and oxygen atoms in total. The second-order valence-corrected chi connectivity index (χ2v) is 8.76. The second-order valence-electron chi connectivity index (χ2n) is 8.76. The van der Waals surface area contributed by atoms with E-state index in [0.29, 0.717) is 11.6 Å². The van der Waals surface area contributed by atoms with Crippen molar-refractivity contribution in [1.82, 2.24) is 10.2 Å². The normalized spacial score (nSPS) is 21.1. The van der Waals surface area contributed by atoms with Gasteiger partial charge in [-0.15, -0.1) is 0 Å². The summed E-state index contributed by atoms with van der Waals surface area (Å²) in [5.41, 5.74) is 3.99. The number of nitrogens with zero attached hydrogens (tertiary/aromatic N) is 1. The zero-order chi connectivity index (χ0) is 22.2. The fourth-order valence-electron chi connectivity index (χ4n) is 4.39. The van der Waals surface area contributed by atoms with Crippen LogP contribution < -0.4 is 10.6 Å². The smallest absolute Gasteiger partial charge is 0.325 e. The lowest BCUT2D eigenvalue weighted by molar-refractivity contribution is -0.133. The van der Waals surface area contributed by atoms with Crippen LogP contribution in [0.25, 0.3) is 0 Å². The molecule has 162 valence electrons. The van der Waals surface area contributed by atoms with Crippen LogP contribution in [0.1, 0.15) is 61.8 Å². The molecule has 0 aromatic heterocycles. The zero-order valence-corrected chi connectivity index (χ0v) is 18.3. The van der Waals surface area contributed by atoms with Crippen LogP contribution in [0.3, 0.4) is 0 Å². The number of imide groups is 1. The maximum atomic E-state index is 13.1. The molecule has 2 aliphatic rings. The van der Waals surface area contributed by atoms with E-state index >= 15 is 0 Å². The molecule has 4 rings (SSSR count). The highest BCUT2D eigenvalue weighted by molar-refractivity contribution is 6.10. The van der Waals surface area contributed by atoms with Crippen LogP contribution in [-0.4, -0.2) is 29.3 Å². The first-order valence-corrected chi connectivity index (χ1v) is 11.0. The first-order chi connectivity index (χ1) is 14.8. The number of carbonyl (C=O) groups excluding carboxylic acids is 3. The van der Waals surface area contributed by atoms with Crippen LogP contribution >= 0.6 is 0 Å². The molecule has 0 saturated carbocycles. The van der Waals surface area contributed by atoms with Gasteiger partial charge in [0.1, 0.15) is 12.1 Å². The standard InChI is InChI=1S/C25H29N3O3/c1-4-16(2)17-9-12-21(13-10-17)26-22(29)15-28-23(30)25(3,27-24(28)31)20-11-8-18-6-5-7-19(18)14-20/h8-14,16H,4-7,15H2,1-3H3,(H,26,29)(H,27,31)/t16-,25+/m0/s1. The van der Waals surface area contributed by atoms with Crippen molar-refractivity contribution < 1.29 is 14.4 Å². The number of anilines is 1. The van der Waals surface area contributed by atoms with Crippen LogP contribution in [-0.2, 0) is 28.0 Å². The molecule has 0 spiro atoms. The summed E-state index contributed by atoms with van der Waals surface area (Å²) in [6.45, 7) is 5.67. The van der Waals surface area contributed by atoms with E-state index in [2.05, 4.69) is 24.5 Å². The minimum Gasteiger partial charge on any atom is -0.325 e. The van der Waals surface area contributed by atoms with E-state index < -0.39 is 23.4 Å². The molecule has 1 saturated heterocycles. The van der Waals surface area contributed by atoms with Gasteiger partial charge in [0.05, 0.1) is 0 Å². The monoisotopic (exact) mass is 419 g/mol. The third-order valence-corrected chi connectivity index (χ3v) is 6.63. The van der Waals surface area contributed by atoms with Gasteiger partial charge in [-0.3, -0.25) is 14.5 Å². The number of rotatable bonds is 6. The van der Waals surface area contributed by atoms with Gasteiger partial charge >= 0.3 is 6.03 Å².